The fraction of sp³-hybridized carbons (Fsp3) is 0.900. The minimum absolute atomic E-state index is 0.376. The van der Waals surface area contributed by atoms with Crippen LogP contribution in [-0.2, 0) is 9.53 Å². The Balaban J connectivity index is 0.000000364. The summed E-state index contributed by atoms with van der Waals surface area (Å²) < 4.78 is 5.29. The van der Waals surface area contributed by atoms with Crippen molar-refractivity contribution < 1.29 is 14.6 Å². The molecule has 0 aliphatic heterocycles. The minimum Gasteiger partial charge on any atom is -0.550 e. The van der Waals surface area contributed by atoms with Crippen molar-refractivity contribution in [1.29, 1.82) is 0 Å². The molecule has 4 nitrogen and oxygen atoms in total. The molecule has 0 radical (unpaired) electrons. The maximum atomic E-state index is 8.89. The van der Waals surface area contributed by atoms with Crippen LogP contribution in [0.1, 0.15) is 33.1 Å². The van der Waals surface area contributed by atoms with Crippen LogP contribution in [-0.4, -0.2) is 25.2 Å². The molecule has 0 spiro atoms. The van der Waals surface area contributed by atoms with Gasteiger partial charge in [0.25, 0.3) is 0 Å². The largest absolute Gasteiger partial charge is 0.550 e. The van der Waals surface area contributed by atoms with E-state index >= 15 is 0 Å². The van der Waals surface area contributed by atoms with Gasteiger partial charge < -0.3 is 20.4 Å². The predicted octanol–water partition coefficient (Wildman–Crippen LogP) is -0.0951. The summed E-state index contributed by atoms with van der Waals surface area (Å²) in [5.74, 6) is -0.384. The monoisotopic (exact) mass is 202 g/mol. The van der Waals surface area contributed by atoms with E-state index in [-0.39, 0.29) is 0 Å². The Kier molecular flexibility index (Phi) is 6.49. The lowest BCUT2D eigenvalue weighted by Crippen LogP contribution is -2.36. The third-order valence-electron chi connectivity index (χ3n) is 2.47. The molecule has 3 atom stereocenters. The molecule has 1 fully saturated rings. The second-order valence-electron chi connectivity index (χ2n) is 3.82. The standard InChI is InChI=1S/C8H17NO.C2H4O2/c1-6-3-4-7(9)5-8(6)10-2;1-2(3)4/h6-8H,3-5,9H2,1-2H3;1H3,(H,3,4)/p-1. The Morgan fingerprint density at radius 3 is 2.36 bits per heavy atom. The van der Waals surface area contributed by atoms with Crippen molar-refractivity contribution in [3.8, 4) is 0 Å². The second-order valence-corrected chi connectivity index (χ2v) is 3.82. The summed E-state index contributed by atoms with van der Waals surface area (Å²) in [6, 6.07) is 0.376. The Morgan fingerprint density at radius 2 is 2.00 bits per heavy atom. The number of carboxylic acid groups (broad SMARTS) is 1. The Hall–Kier alpha value is -0.610. The lowest BCUT2D eigenvalue weighted by atomic mass is 9.85. The van der Waals surface area contributed by atoms with E-state index in [4.69, 9.17) is 20.4 Å². The normalized spacial score (nSPS) is 31.6. The molecule has 0 aromatic heterocycles. The van der Waals surface area contributed by atoms with Gasteiger partial charge in [-0.25, -0.2) is 0 Å². The molecule has 2 N–H and O–H groups in total. The summed E-state index contributed by atoms with van der Waals surface area (Å²) >= 11 is 0. The Bertz CT molecular complexity index is 169. The highest BCUT2D eigenvalue weighted by Crippen LogP contribution is 2.24. The van der Waals surface area contributed by atoms with E-state index in [9.17, 15) is 0 Å². The van der Waals surface area contributed by atoms with E-state index in [0.29, 0.717) is 18.1 Å². The fourth-order valence-electron chi connectivity index (χ4n) is 1.64. The summed E-state index contributed by atoms with van der Waals surface area (Å²) in [7, 11) is 1.78. The van der Waals surface area contributed by atoms with E-state index in [2.05, 4.69) is 6.92 Å². The summed E-state index contributed by atoms with van der Waals surface area (Å²) in [6.07, 6.45) is 3.84. The molecule has 0 amide bonds. The number of nitrogens with two attached hydrogens (primary N) is 1. The first-order valence-electron chi connectivity index (χ1n) is 4.93. The molecule has 1 rings (SSSR count). The van der Waals surface area contributed by atoms with Gasteiger partial charge >= 0.3 is 0 Å². The Labute approximate surface area is 85.4 Å². The number of carboxylic acids is 1. The second kappa shape index (κ2) is 6.79. The van der Waals surface area contributed by atoms with Gasteiger partial charge in [0.2, 0.25) is 0 Å². The van der Waals surface area contributed by atoms with Gasteiger partial charge in [0.1, 0.15) is 0 Å². The molecule has 3 unspecified atom stereocenters. The summed E-state index contributed by atoms with van der Waals surface area (Å²) in [5.41, 5.74) is 5.78. The number of carbonyl (C=O) groups is 1. The van der Waals surface area contributed by atoms with E-state index < -0.39 is 5.97 Å². The van der Waals surface area contributed by atoms with Gasteiger partial charge in [-0.3, -0.25) is 0 Å². The molecule has 1 aliphatic carbocycles. The number of hydrogen-bond acceptors (Lipinski definition) is 4. The van der Waals surface area contributed by atoms with Crippen LogP contribution in [0.5, 0.6) is 0 Å². The average molecular weight is 202 g/mol. The molecule has 0 heterocycles. The quantitative estimate of drug-likeness (QED) is 0.644. The van der Waals surface area contributed by atoms with Crippen LogP contribution in [0.15, 0.2) is 0 Å². The molecule has 4 heteroatoms. The first-order valence-corrected chi connectivity index (χ1v) is 4.93. The third-order valence-corrected chi connectivity index (χ3v) is 2.47. The molecular formula is C10H20NO3-. The lowest BCUT2D eigenvalue weighted by Gasteiger charge is -2.31. The lowest BCUT2D eigenvalue weighted by molar-refractivity contribution is -0.302. The van der Waals surface area contributed by atoms with Crippen molar-refractivity contribution in [3.05, 3.63) is 0 Å². The van der Waals surface area contributed by atoms with Crippen LogP contribution in [0.2, 0.25) is 0 Å². The van der Waals surface area contributed by atoms with Crippen LogP contribution < -0.4 is 10.8 Å². The number of carbonyl (C=O) groups excluding carboxylic acids is 1. The first-order chi connectivity index (χ1) is 6.47. The summed E-state index contributed by atoms with van der Waals surface area (Å²) in [4.78, 5) is 8.89. The molecule has 0 saturated heterocycles. The molecule has 84 valence electrons. The topological polar surface area (TPSA) is 75.4 Å². The first kappa shape index (κ1) is 13.4. The van der Waals surface area contributed by atoms with Crippen molar-refractivity contribution >= 4 is 5.97 Å². The number of rotatable bonds is 1. The van der Waals surface area contributed by atoms with Gasteiger partial charge in [-0.15, -0.1) is 0 Å². The maximum Gasteiger partial charge on any atom is 0.0611 e. The van der Waals surface area contributed by atoms with Gasteiger partial charge in [0, 0.05) is 19.1 Å². The minimum atomic E-state index is -1.08. The molecule has 0 aromatic carbocycles. The average Bonchev–Trinajstić information content (AvgIpc) is 2.08. The van der Waals surface area contributed by atoms with E-state index in [0.717, 1.165) is 13.3 Å². The van der Waals surface area contributed by atoms with Gasteiger partial charge in [-0.2, -0.15) is 0 Å². The number of aliphatic carboxylic acids is 1. The van der Waals surface area contributed by atoms with Crippen LogP contribution in [0.4, 0.5) is 0 Å². The van der Waals surface area contributed by atoms with E-state index in [1.165, 1.54) is 12.8 Å². The summed E-state index contributed by atoms with van der Waals surface area (Å²) in [5, 5.41) is 8.89. The van der Waals surface area contributed by atoms with Crippen LogP contribution in [0, 0.1) is 5.92 Å². The highest BCUT2D eigenvalue weighted by molar-refractivity contribution is 5.60. The molecule has 0 aromatic rings. The highest BCUT2D eigenvalue weighted by Gasteiger charge is 2.24. The van der Waals surface area contributed by atoms with Crippen molar-refractivity contribution in [1.82, 2.24) is 0 Å². The SMILES string of the molecule is CC(=O)[O-].COC1CC(N)CCC1C. The van der Waals surface area contributed by atoms with Crippen molar-refractivity contribution in [2.24, 2.45) is 11.7 Å². The van der Waals surface area contributed by atoms with Gasteiger partial charge in [-0.1, -0.05) is 6.92 Å². The molecule has 14 heavy (non-hydrogen) atoms. The Morgan fingerprint density at radius 1 is 1.50 bits per heavy atom. The molecule has 0 bridgehead atoms. The predicted molar refractivity (Wildman–Crippen MR) is 52.5 cm³/mol. The van der Waals surface area contributed by atoms with Crippen LogP contribution in [0.25, 0.3) is 0 Å². The number of ether oxygens (including phenoxy) is 1. The highest BCUT2D eigenvalue weighted by atomic mass is 16.5. The van der Waals surface area contributed by atoms with Crippen molar-refractivity contribution in [2.45, 2.75) is 45.3 Å². The smallest absolute Gasteiger partial charge is 0.0611 e. The molecule has 1 saturated carbocycles. The third kappa shape index (κ3) is 5.94. The zero-order chi connectivity index (χ0) is 11.1. The number of methoxy groups -OCH3 is 1. The van der Waals surface area contributed by atoms with Crippen molar-refractivity contribution in [2.75, 3.05) is 7.11 Å². The molecular weight excluding hydrogens is 182 g/mol. The zero-order valence-corrected chi connectivity index (χ0v) is 9.16. The van der Waals surface area contributed by atoms with E-state index in [1.54, 1.807) is 7.11 Å². The maximum absolute atomic E-state index is 8.89. The van der Waals surface area contributed by atoms with Gasteiger partial charge in [0.05, 0.1) is 6.10 Å². The van der Waals surface area contributed by atoms with Crippen molar-refractivity contribution in [3.63, 3.8) is 0 Å². The van der Waals surface area contributed by atoms with Gasteiger partial charge in [-0.05, 0) is 32.1 Å². The molecule has 1 aliphatic rings. The van der Waals surface area contributed by atoms with Gasteiger partial charge in [0.15, 0.2) is 0 Å². The zero-order valence-electron chi connectivity index (χ0n) is 9.16. The van der Waals surface area contributed by atoms with Crippen LogP contribution >= 0.6 is 0 Å². The summed E-state index contributed by atoms with van der Waals surface area (Å²) in [6.45, 7) is 3.21. The van der Waals surface area contributed by atoms with E-state index in [1.807, 2.05) is 0 Å². The fourth-order valence-corrected chi connectivity index (χ4v) is 1.64. The number of hydrogen-bond donors (Lipinski definition) is 1. The van der Waals surface area contributed by atoms with Crippen LogP contribution in [0.3, 0.4) is 0 Å².